The van der Waals surface area contributed by atoms with Crippen molar-refractivity contribution in [3.05, 3.63) is 59.6 Å². The van der Waals surface area contributed by atoms with Gasteiger partial charge in [-0.15, -0.1) is 6.58 Å². The van der Waals surface area contributed by atoms with Gasteiger partial charge in [0.1, 0.15) is 5.82 Å². The lowest BCUT2D eigenvalue weighted by Gasteiger charge is -2.25. The highest BCUT2D eigenvalue weighted by molar-refractivity contribution is 6.08. The molecule has 0 aromatic heterocycles. The van der Waals surface area contributed by atoms with Crippen molar-refractivity contribution in [1.82, 2.24) is 4.90 Å². The van der Waals surface area contributed by atoms with Crippen LogP contribution in [0.3, 0.4) is 0 Å². The van der Waals surface area contributed by atoms with E-state index >= 15 is 0 Å². The van der Waals surface area contributed by atoms with Crippen molar-refractivity contribution >= 4 is 11.7 Å². The van der Waals surface area contributed by atoms with E-state index in [1.165, 1.54) is 42.2 Å². The standard InChI is InChI=1S/C15H14FNO3/c1-3-8-17-13(10-4-6-11(16)7-5-10)12(9(2)18)14(19)15(17)20/h3-7,13,19H,1,8H2,2H3/t13-/m1/s1. The van der Waals surface area contributed by atoms with E-state index in [4.69, 9.17) is 0 Å². The Kier molecular flexibility index (Phi) is 3.70. The predicted molar refractivity (Wildman–Crippen MR) is 71.4 cm³/mol. The maximum atomic E-state index is 13.0. The van der Waals surface area contributed by atoms with E-state index < -0.39 is 29.3 Å². The lowest BCUT2D eigenvalue weighted by Crippen LogP contribution is -2.31. The summed E-state index contributed by atoms with van der Waals surface area (Å²) in [4.78, 5) is 25.0. The summed E-state index contributed by atoms with van der Waals surface area (Å²) in [6, 6.07) is 4.77. The first-order valence-electron chi connectivity index (χ1n) is 6.08. The smallest absolute Gasteiger partial charge is 0.290 e. The number of aliphatic hydroxyl groups excluding tert-OH is 1. The minimum atomic E-state index is -0.710. The fourth-order valence-electron chi connectivity index (χ4n) is 2.33. The number of ketones is 1. The highest BCUT2D eigenvalue weighted by atomic mass is 19.1. The van der Waals surface area contributed by atoms with Crippen molar-refractivity contribution in [2.24, 2.45) is 0 Å². The van der Waals surface area contributed by atoms with Crippen LogP contribution in [0.25, 0.3) is 0 Å². The first-order valence-corrected chi connectivity index (χ1v) is 6.08. The first-order chi connectivity index (χ1) is 9.47. The van der Waals surface area contributed by atoms with Crippen molar-refractivity contribution in [1.29, 1.82) is 0 Å². The maximum Gasteiger partial charge on any atom is 0.290 e. The summed E-state index contributed by atoms with van der Waals surface area (Å²) in [6.45, 7) is 5.02. The lowest BCUT2D eigenvalue weighted by molar-refractivity contribution is -0.128. The molecule has 1 atom stereocenters. The molecule has 0 saturated carbocycles. The van der Waals surface area contributed by atoms with Crippen LogP contribution in [0.5, 0.6) is 0 Å². The Labute approximate surface area is 115 Å². The Balaban J connectivity index is 2.54. The van der Waals surface area contributed by atoms with E-state index in [0.717, 1.165) is 0 Å². The molecule has 1 N–H and O–H groups in total. The first kappa shape index (κ1) is 14.0. The molecule has 0 fully saturated rings. The van der Waals surface area contributed by atoms with Gasteiger partial charge in [0.05, 0.1) is 11.6 Å². The number of halogens is 1. The van der Waals surface area contributed by atoms with Crippen LogP contribution < -0.4 is 0 Å². The number of hydrogen-bond donors (Lipinski definition) is 1. The predicted octanol–water partition coefficient (Wildman–Crippen LogP) is 2.30. The molecule has 1 aliphatic heterocycles. The van der Waals surface area contributed by atoms with Gasteiger partial charge in [0.25, 0.3) is 5.91 Å². The number of rotatable bonds is 4. The summed E-state index contributed by atoms with van der Waals surface area (Å²) in [7, 11) is 0. The van der Waals surface area contributed by atoms with E-state index in [9.17, 15) is 19.1 Å². The summed E-state index contributed by atoms with van der Waals surface area (Å²) >= 11 is 0. The van der Waals surface area contributed by atoms with Crippen LogP contribution in [0, 0.1) is 5.82 Å². The maximum absolute atomic E-state index is 13.0. The molecular formula is C15H14FNO3. The molecule has 2 rings (SSSR count). The molecule has 0 unspecified atom stereocenters. The summed E-state index contributed by atoms with van der Waals surface area (Å²) in [5.74, 6) is -1.97. The molecule has 1 aromatic rings. The molecule has 0 bridgehead atoms. The Morgan fingerprint density at radius 3 is 2.55 bits per heavy atom. The zero-order valence-corrected chi connectivity index (χ0v) is 11.0. The summed E-state index contributed by atoms with van der Waals surface area (Å²) in [5.41, 5.74) is 0.597. The quantitative estimate of drug-likeness (QED) is 0.858. The van der Waals surface area contributed by atoms with Crippen LogP contribution in [0.2, 0.25) is 0 Å². The minimum absolute atomic E-state index is 0.0310. The summed E-state index contributed by atoms with van der Waals surface area (Å²) in [5, 5.41) is 9.87. The SMILES string of the molecule is C=CCN1C(=O)C(O)=C(C(C)=O)[C@H]1c1ccc(F)cc1. The van der Waals surface area contributed by atoms with Crippen LogP contribution in [-0.4, -0.2) is 28.2 Å². The van der Waals surface area contributed by atoms with E-state index in [1.54, 1.807) is 0 Å². The van der Waals surface area contributed by atoms with Crippen LogP contribution in [-0.2, 0) is 9.59 Å². The van der Waals surface area contributed by atoms with Crippen molar-refractivity contribution in [3.63, 3.8) is 0 Å². The number of hydrogen-bond acceptors (Lipinski definition) is 3. The largest absolute Gasteiger partial charge is 0.503 e. The number of carbonyl (C=O) groups excluding carboxylic acids is 2. The lowest BCUT2D eigenvalue weighted by atomic mass is 9.97. The zero-order chi connectivity index (χ0) is 14.9. The van der Waals surface area contributed by atoms with E-state index in [0.29, 0.717) is 5.56 Å². The van der Waals surface area contributed by atoms with Crippen LogP contribution >= 0.6 is 0 Å². The number of carbonyl (C=O) groups is 2. The zero-order valence-electron chi connectivity index (χ0n) is 11.0. The monoisotopic (exact) mass is 275 g/mol. The molecule has 1 amide bonds. The molecule has 4 nitrogen and oxygen atoms in total. The third-order valence-corrected chi connectivity index (χ3v) is 3.19. The highest BCUT2D eigenvalue weighted by Crippen LogP contribution is 2.37. The molecule has 104 valence electrons. The highest BCUT2D eigenvalue weighted by Gasteiger charge is 2.41. The van der Waals surface area contributed by atoms with Crippen LogP contribution in [0.15, 0.2) is 48.3 Å². The van der Waals surface area contributed by atoms with Gasteiger partial charge in [-0.2, -0.15) is 0 Å². The van der Waals surface area contributed by atoms with Gasteiger partial charge in [0, 0.05) is 6.54 Å². The number of benzene rings is 1. The molecule has 5 heteroatoms. The van der Waals surface area contributed by atoms with E-state index in [2.05, 4.69) is 6.58 Å². The topological polar surface area (TPSA) is 57.6 Å². The van der Waals surface area contributed by atoms with Gasteiger partial charge in [-0.3, -0.25) is 9.59 Å². The third-order valence-electron chi connectivity index (χ3n) is 3.19. The molecule has 0 radical (unpaired) electrons. The van der Waals surface area contributed by atoms with Gasteiger partial charge >= 0.3 is 0 Å². The molecule has 1 aromatic carbocycles. The minimum Gasteiger partial charge on any atom is -0.503 e. The summed E-state index contributed by atoms with van der Waals surface area (Å²) in [6.07, 6.45) is 1.50. The third kappa shape index (κ3) is 2.22. The number of amides is 1. The molecule has 0 aliphatic carbocycles. The Morgan fingerprint density at radius 2 is 2.05 bits per heavy atom. The molecule has 1 heterocycles. The average molecular weight is 275 g/mol. The fraction of sp³-hybridized carbons (Fsp3) is 0.200. The van der Waals surface area contributed by atoms with Gasteiger partial charge in [0.2, 0.25) is 0 Å². The van der Waals surface area contributed by atoms with E-state index in [-0.39, 0.29) is 12.1 Å². The van der Waals surface area contributed by atoms with Crippen molar-refractivity contribution < 1.29 is 19.1 Å². The molecule has 20 heavy (non-hydrogen) atoms. The van der Waals surface area contributed by atoms with E-state index in [1.807, 2.05) is 0 Å². The number of aliphatic hydroxyl groups is 1. The Morgan fingerprint density at radius 1 is 1.45 bits per heavy atom. The van der Waals surface area contributed by atoms with Gasteiger partial charge in [-0.25, -0.2) is 4.39 Å². The normalized spacial score (nSPS) is 18.6. The van der Waals surface area contributed by atoms with Gasteiger partial charge in [-0.1, -0.05) is 18.2 Å². The van der Waals surface area contributed by atoms with Crippen molar-refractivity contribution in [2.75, 3.05) is 6.54 Å². The Bertz CT molecular complexity index is 604. The molecule has 0 saturated heterocycles. The molecular weight excluding hydrogens is 261 g/mol. The van der Waals surface area contributed by atoms with Gasteiger partial charge in [0.15, 0.2) is 11.5 Å². The van der Waals surface area contributed by atoms with Gasteiger partial charge in [-0.05, 0) is 24.6 Å². The van der Waals surface area contributed by atoms with Crippen LogP contribution in [0.4, 0.5) is 4.39 Å². The Hall–Kier alpha value is -2.43. The fourth-order valence-corrected chi connectivity index (χ4v) is 2.33. The average Bonchev–Trinajstić information content (AvgIpc) is 2.65. The molecule has 1 aliphatic rings. The molecule has 0 spiro atoms. The van der Waals surface area contributed by atoms with Crippen molar-refractivity contribution in [3.8, 4) is 0 Å². The van der Waals surface area contributed by atoms with Gasteiger partial charge < -0.3 is 10.0 Å². The summed E-state index contributed by atoms with van der Waals surface area (Å²) < 4.78 is 13.0. The van der Waals surface area contributed by atoms with Crippen LogP contribution in [0.1, 0.15) is 18.5 Å². The van der Waals surface area contributed by atoms with Crippen molar-refractivity contribution in [2.45, 2.75) is 13.0 Å². The number of Topliss-reactive ketones (excluding diaryl/α,β-unsaturated/α-hetero) is 1. The second-order valence-electron chi connectivity index (χ2n) is 4.52. The second-order valence-corrected chi connectivity index (χ2v) is 4.52. The number of nitrogens with zero attached hydrogens (tertiary/aromatic N) is 1. The second kappa shape index (κ2) is 5.28.